The summed E-state index contributed by atoms with van der Waals surface area (Å²) in [5, 5.41) is 10.7. The molecule has 3 aromatic rings. The van der Waals surface area contributed by atoms with Crippen molar-refractivity contribution in [2.75, 3.05) is 0 Å². The normalized spacial score (nSPS) is 19.0. The first-order chi connectivity index (χ1) is 11.4. The molecule has 0 amide bonds. The van der Waals surface area contributed by atoms with Gasteiger partial charge in [-0.05, 0) is 40.5 Å². The van der Waals surface area contributed by atoms with E-state index in [9.17, 15) is 18.3 Å². The largest absolute Gasteiger partial charge is 0.425 e. The van der Waals surface area contributed by atoms with E-state index >= 15 is 0 Å². The van der Waals surface area contributed by atoms with Gasteiger partial charge in [0, 0.05) is 23.5 Å². The maximum atomic E-state index is 13.8. The van der Waals surface area contributed by atoms with Gasteiger partial charge < -0.3 is 5.11 Å². The number of hydrogen-bond acceptors (Lipinski definition) is 2. The van der Waals surface area contributed by atoms with Crippen molar-refractivity contribution >= 4 is 0 Å². The van der Waals surface area contributed by atoms with Crippen molar-refractivity contribution in [3.8, 4) is 22.3 Å². The van der Waals surface area contributed by atoms with Gasteiger partial charge in [-0.25, -0.2) is 0 Å². The SMILES string of the molecule is OC1(C(F)(F)F)c2ccccc2-c2ccc(-c3ccncc3)cc21. The van der Waals surface area contributed by atoms with Crippen LogP contribution in [0, 0.1) is 0 Å². The molecule has 120 valence electrons. The zero-order valence-electron chi connectivity index (χ0n) is 12.4. The Balaban J connectivity index is 2.00. The van der Waals surface area contributed by atoms with Gasteiger partial charge in [-0.15, -0.1) is 0 Å². The van der Waals surface area contributed by atoms with Crippen molar-refractivity contribution in [1.29, 1.82) is 0 Å². The highest BCUT2D eigenvalue weighted by Gasteiger charge is 2.60. The summed E-state index contributed by atoms with van der Waals surface area (Å²) >= 11 is 0. The third-order valence-corrected chi connectivity index (χ3v) is 4.44. The molecule has 0 spiro atoms. The molecule has 2 aromatic carbocycles. The van der Waals surface area contributed by atoms with Crippen LogP contribution in [-0.4, -0.2) is 16.3 Å². The van der Waals surface area contributed by atoms with Gasteiger partial charge in [-0.3, -0.25) is 4.98 Å². The molecule has 0 saturated heterocycles. The summed E-state index contributed by atoms with van der Waals surface area (Å²) in [6.07, 6.45) is -1.66. The molecule has 0 bridgehead atoms. The van der Waals surface area contributed by atoms with Crippen LogP contribution in [0.5, 0.6) is 0 Å². The Labute approximate surface area is 136 Å². The molecule has 0 radical (unpaired) electrons. The number of nitrogens with zero attached hydrogens (tertiary/aromatic N) is 1. The molecule has 4 rings (SSSR count). The van der Waals surface area contributed by atoms with Crippen LogP contribution >= 0.6 is 0 Å². The lowest BCUT2D eigenvalue weighted by Gasteiger charge is -2.28. The van der Waals surface area contributed by atoms with Crippen molar-refractivity contribution < 1.29 is 18.3 Å². The molecule has 1 atom stereocenters. The summed E-state index contributed by atoms with van der Waals surface area (Å²) in [4.78, 5) is 3.91. The number of halogens is 3. The second-order valence-electron chi connectivity index (χ2n) is 5.75. The maximum Gasteiger partial charge on any atom is 0.425 e. The van der Waals surface area contributed by atoms with Crippen LogP contribution in [-0.2, 0) is 5.60 Å². The van der Waals surface area contributed by atoms with E-state index in [1.165, 1.54) is 18.2 Å². The average Bonchev–Trinajstić information content (AvgIpc) is 2.86. The van der Waals surface area contributed by atoms with Crippen LogP contribution in [0.2, 0.25) is 0 Å². The Hall–Kier alpha value is -2.66. The van der Waals surface area contributed by atoms with Gasteiger partial charge in [0.1, 0.15) is 0 Å². The number of aliphatic hydroxyl groups is 1. The van der Waals surface area contributed by atoms with Crippen molar-refractivity contribution in [1.82, 2.24) is 4.98 Å². The Morgan fingerprint density at radius 1 is 0.792 bits per heavy atom. The Kier molecular flexibility index (Phi) is 3.05. The van der Waals surface area contributed by atoms with Crippen LogP contribution in [0.4, 0.5) is 13.2 Å². The number of benzene rings is 2. The molecule has 1 unspecified atom stereocenters. The number of pyridine rings is 1. The predicted molar refractivity (Wildman–Crippen MR) is 84.2 cm³/mol. The molecule has 1 aliphatic rings. The minimum absolute atomic E-state index is 0.126. The molecule has 1 N–H and O–H groups in total. The first-order valence-corrected chi connectivity index (χ1v) is 7.37. The molecule has 0 aliphatic heterocycles. The maximum absolute atomic E-state index is 13.8. The summed E-state index contributed by atoms with van der Waals surface area (Å²) in [6.45, 7) is 0. The lowest BCUT2D eigenvalue weighted by Crippen LogP contribution is -2.41. The summed E-state index contributed by atoms with van der Waals surface area (Å²) in [7, 11) is 0. The lowest BCUT2D eigenvalue weighted by molar-refractivity contribution is -0.246. The highest BCUT2D eigenvalue weighted by atomic mass is 19.4. The summed E-state index contributed by atoms with van der Waals surface area (Å²) in [5.41, 5.74) is -1.09. The van der Waals surface area contributed by atoms with Gasteiger partial charge in [0.25, 0.3) is 0 Å². The van der Waals surface area contributed by atoms with Crippen LogP contribution in [0.15, 0.2) is 67.0 Å². The zero-order valence-corrected chi connectivity index (χ0v) is 12.4. The predicted octanol–water partition coefficient (Wildman–Crippen LogP) is 4.53. The molecule has 2 nitrogen and oxygen atoms in total. The van der Waals surface area contributed by atoms with E-state index in [1.54, 1.807) is 48.8 Å². The number of hydrogen-bond donors (Lipinski definition) is 1. The van der Waals surface area contributed by atoms with Crippen molar-refractivity contribution in [2.24, 2.45) is 0 Å². The fourth-order valence-electron chi connectivity index (χ4n) is 3.29. The Morgan fingerprint density at radius 3 is 2.17 bits per heavy atom. The van der Waals surface area contributed by atoms with Gasteiger partial charge >= 0.3 is 6.18 Å². The quantitative estimate of drug-likeness (QED) is 0.712. The first-order valence-electron chi connectivity index (χ1n) is 7.37. The topological polar surface area (TPSA) is 33.1 Å². The van der Waals surface area contributed by atoms with Crippen molar-refractivity contribution in [3.63, 3.8) is 0 Å². The number of rotatable bonds is 1. The number of fused-ring (bicyclic) bond motifs is 3. The second-order valence-corrected chi connectivity index (χ2v) is 5.75. The van der Waals surface area contributed by atoms with Gasteiger partial charge in [0.2, 0.25) is 5.60 Å². The minimum atomic E-state index is -4.81. The van der Waals surface area contributed by atoms with E-state index in [4.69, 9.17) is 0 Å². The molecule has 24 heavy (non-hydrogen) atoms. The second kappa shape index (κ2) is 4.92. The number of alkyl halides is 3. The Bertz CT molecular complexity index is 921. The molecular weight excluding hydrogens is 315 g/mol. The lowest BCUT2D eigenvalue weighted by atomic mass is 9.89. The molecule has 5 heteroatoms. The van der Waals surface area contributed by atoms with E-state index in [1.807, 2.05) is 0 Å². The third-order valence-electron chi connectivity index (χ3n) is 4.44. The van der Waals surface area contributed by atoms with Gasteiger partial charge in [0.05, 0.1) is 0 Å². The molecule has 1 heterocycles. The molecule has 0 fully saturated rings. The van der Waals surface area contributed by atoms with E-state index in [-0.39, 0.29) is 11.1 Å². The average molecular weight is 327 g/mol. The number of aromatic nitrogens is 1. The monoisotopic (exact) mass is 327 g/mol. The summed E-state index contributed by atoms with van der Waals surface area (Å²) in [5.74, 6) is 0. The standard InChI is InChI=1S/C19H12F3NO/c20-19(21,22)18(24)16-4-2-1-3-14(16)15-6-5-13(11-17(15)18)12-7-9-23-10-8-12/h1-11,24H. The van der Waals surface area contributed by atoms with E-state index in [2.05, 4.69) is 4.98 Å². The van der Waals surface area contributed by atoms with E-state index in [0.717, 1.165) is 5.56 Å². The molecule has 0 saturated carbocycles. The first kappa shape index (κ1) is 14.9. The third kappa shape index (κ3) is 1.91. The highest BCUT2D eigenvalue weighted by molar-refractivity contribution is 5.83. The fraction of sp³-hybridized carbons (Fsp3) is 0.105. The Morgan fingerprint density at radius 2 is 1.46 bits per heavy atom. The van der Waals surface area contributed by atoms with Crippen LogP contribution in [0.3, 0.4) is 0 Å². The van der Waals surface area contributed by atoms with Gasteiger partial charge in [0.15, 0.2) is 0 Å². The van der Waals surface area contributed by atoms with Crippen LogP contribution < -0.4 is 0 Å². The van der Waals surface area contributed by atoms with Gasteiger partial charge in [-0.1, -0.05) is 36.4 Å². The minimum Gasteiger partial charge on any atom is -0.372 e. The van der Waals surface area contributed by atoms with Crippen LogP contribution in [0.25, 0.3) is 22.3 Å². The van der Waals surface area contributed by atoms with Crippen LogP contribution in [0.1, 0.15) is 11.1 Å². The van der Waals surface area contributed by atoms with Crippen molar-refractivity contribution in [3.05, 3.63) is 78.1 Å². The summed E-state index contributed by atoms with van der Waals surface area (Å²) < 4.78 is 41.3. The van der Waals surface area contributed by atoms with Gasteiger partial charge in [-0.2, -0.15) is 13.2 Å². The fourth-order valence-corrected chi connectivity index (χ4v) is 3.29. The zero-order chi connectivity index (χ0) is 16.9. The molecule has 1 aliphatic carbocycles. The van der Waals surface area contributed by atoms with Crippen molar-refractivity contribution in [2.45, 2.75) is 11.8 Å². The smallest absolute Gasteiger partial charge is 0.372 e. The van der Waals surface area contributed by atoms with E-state index < -0.39 is 11.8 Å². The van der Waals surface area contributed by atoms with E-state index in [0.29, 0.717) is 16.7 Å². The molecule has 1 aromatic heterocycles. The highest BCUT2D eigenvalue weighted by Crippen LogP contribution is 2.55. The molecular formula is C19H12F3NO. The summed E-state index contributed by atoms with van der Waals surface area (Å²) in [6, 6.07) is 14.3.